The Bertz CT molecular complexity index is 431. The van der Waals surface area contributed by atoms with E-state index in [1.54, 1.807) is 19.1 Å². The van der Waals surface area contributed by atoms with Gasteiger partial charge in [-0.2, -0.15) is 13.2 Å². The SMILES string of the molecule is CCOC(=O)C[C@@H](Sc1ccc(OC)cc1)C(F)(F)F. The van der Waals surface area contributed by atoms with Gasteiger partial charge in [0.05, 0.1) is 20.1 Å². The van der Waals surface area contributed by atoms with Crippen LogP contribution in [-0.4, -0.2) is 31.1 Å². The molecule has 1 aromatic carbocycles. The van der Waals surface area contributed by atoms with Gasteiger partial charge in [-0.3, -0.25) is 4.79 Å². The number of ether oxygens (including phenoxy) is 2. The highest BCUT2D eigenvalue weighted by atomic mass is 32.2. The molecular formula is C13H15F3O3S. The van der Waals surface area contributed by atoms with Crippen LogP contribution in [0.5, 0.6) is 5.75 Å². The molecule has 0 spiro atoms. The number of carbonyl (C=O) groups excluding carboxylic acids is 1. The smallest absolute Gasteiger partial charge is 0.401 e. The minimum absolute atomic E-state index is 0.0661. The Morgan fingerprint density at radius 1 is 1.30 bits per heavy atom. The van der Waals surface area contributed by atoms with E-state index < -0.39 is 23.8 Å². The summed E-state index contributed by atoms with van der Waals surface area (Å²) in [4.78, 5) is 11.6. The molecular weight excluding hydrogens is 293 g/mol. The summed E-state index contributed by atoms with van der Waals surface area (Å²) in [5, 5.41) is -1.82. The summed E-state index contributed by atoms with van der Waals surface area (Å²) in [7, 11) is 1.47. The first kappa shape index (κ1) is 16.7. The Morgan fingerprint density at radius 3 is 2.35 bits per heavy atom. The van der Waals surface area contributed by atoms with Gasteiger partial charge in [-0.25, -0.2) is 0 Å². The largest absolute Gasteiger partial charge is 0.497 e. The van der Waals surface area contributed by atoms with Crippen LogP contribution in [0.2, 0.25) is 0 Å². The average molecular weight is 308 g/mol. The maximum Gasteiger partial charge on any atom is 0.401 e. The second kappa shape index (κ2) is 7.42. The summed E-state index contributed by atoms with van der Waals surface area (Å²) < 4.78 is 48.2. The van der Waals surface area contributed by atoms with E-state index in [0.717, 1.165) is 0 Å². The molecule has 0 aliphatic carbocycles. The molecule has 1 atom stereocenters. The van der Waals surface area contributed by atoms with Crippen molar-refractivity contribution in [1.29, 1.82) is 0 Å². The van der Waals surface area contributed by atoms with Gasteiger partial charge in [0.25, 0.3) is 0 Å². The Kier molecular flexibility index (Phi) is 6.19. The molecule has 0 amide bonds. The van der Waals surface area contributed by atoms with E-state index in [1.165, 1.54) is 19.2 Å². The lowest BCUT2D eigenvalue weighted by molar-refractivity contribution is -0.154. The Balaban J connectivity index is 2.76. The number of carbonyl (C=O) groups is 1. The predicted molar refractivity (Wildman–Crippen MR) is 69.9 cm³/mol. The van der Waals surface area contributed by atoms with Crippen LogP contribution in [-0.2, 0) is 9.53 Å². The van der Waals surface area contributed by atoms with Crippen molar-refractivity contribution >= 4 is 17.7 Å². The molecule has 1 aromatic rings. The summed E-state index contributed by atoms with van der Waals surface area (Å²) in [6.45, 7) is 1.62. The predicted octanol–water partition coefficient (Wildman–Crippen LogP) is 3.67. The van der Waals surface area contributed by atoms with Crippen LogP contribution in [0, 0.1) is 0 Å². The third kappa shape index (κ3) is 5.32. The van der Waals surface area contributed by atoms with Crippen molar-refractivity contribution in [3.8, 4) is 5.75 Å². The van der Waals surface area contributed by atoms with Crippen molar-refractivity contribution in [2.24, 2.45) is 0 Å². The molecule has 0 heterocycles. The highest BCUT2D eigenvalue weighted by Crippen LogP contribution is 2.37. The van der Waals surface area contributed by atoms with Crippen molar-refractivity contribution in [2.75, 3.05) is 13.7 Å². The third-order valence-corrected chi connectivity index (χ3v) is 3.62. The van der Waals surface area contributed by atoms with E-state index >= 15 is 0 Å². The minimum atomic E-state index is -4.47. The molecule has 1 rings (SSSR count). The van der Waals surface area contributed by atoms with E-state index in [1.807, 2.05) is 0 Å². The molecule has 0 aliphatic rings. The van der Waals surface area contributed by atoms with Crippen LogP contribution in [0.3, 0.4) is 0 Å². The summed E-state index contributed by atoms with van der Waals surface area (Å²) in [6.07, 6.45) is -5.18. The summed E-state index contributed by atoms with van der Waals surface area (Å²) in [6, 6.07) is 6.18. The fourth-order valence-electron chi connectivity index (χ4n) is 1.41. The summed E-state index contributed by atoms with van der Waals surface area (Å²) in [5.41, 5.74) is 0. The topological polar surface area (TPSA) is 35.5 Å². The van der Waals surface area contributed by atoms with Gasteiger partial charge in [-0.15, -0.1) is 11.8 Å². The molecule has 0 radical (unpaired) electrons. The lowest BCUT2D eigenvalue weighted by Crippen LogP contribution is -2.29. The fourth-order valence-corrected chi connectivity index (χ4v) is 2.39. The fraction of sp³-hybridized carbons (Fsp3) is 0.462. The van der Waals surface area contributed by atoms with Gasteiger partial charge in [0.2, 0.25) is 0 Å². The highest BCUT2D eigenvalue weighted by molar-refractivity contribution is 8.00. The first-order chi connectivity index (χ1) is 9.36. The maximum atomic E-state index is 12.9. The van der Waals surface area contributed by atoms with Crippen molar-refractivity contribution < 1.29 is 27.4 Å². The molecule has 0 unspecified atom stereocenters. The minimum Gasteiger partial charge on any atom is -0.497 e. The molecule has 0 saturated carbocycles. The number of alkyl halides is 3. The molecule has 112 valence electrons. The van der Waals surface area contributed by atoms with Gasteiger partial charge < -0.3 is 9.47 Å². The number of methoxy groups -OCH3 is 1. The second-order valence-corrected chi connectivity index (χ2v) is 5.11. The molecule has 0 aliphatic heterocycles. The maximum absolute atomic E-state index is 12.9. The van der Waals surface area contributed by atoms with Gasteiger partial charge in [0, 0.05) is 4.90 Å². The normalized spacial score (nSPS) is 12.8. The molecule has 20 heavy (non-hydrogen) atoms. The Hall–Kier alpha value is -1.37. The van der Waals surface area contributed by atoms with Gasteiger partial charge in [-0.1, -0.05) is 0 Å². The molecule has 0 saturated heterocycles. The number of hydrogen-bond acceptors (Lipinski definition) is 4. The molecule has 3 nitrogen and oxygen atoms in total. The first-order valence-corrected chi connectivity index (χ1v) is 6.77. The first-order valence-electron chi connectivity index (χ1n) is 5.90. The standard InChI is InChI=1S/C13H15F3O3S/c1-3-19-12(17)8-11(13(14,15)16)20-10-6-4-9(18-2)5-7-10/h4-7,11H,3,8H2,1-2H3/t11-/m1/s1. The molecule has 0 bridgehead atoms. The van der Waals surface area contributed by atoms with Crippen LogP contribution in [0.4, 0.5) is 13.2 Å². The van der Waals surface area contributed by atoms with Crippen molar-refractivity contribution in [1.82, 2.24) is 0 Å². The molecule has 7 heteroatoms. The van der Waals surface area contributed by atoms with Gasteiger partial charge in [-0.05, 0) is 31.2 Å². The number of halogens is 3. The zero-order valence-corrected chi connectivity index (χ0v) is 11.9. The van der Waals surface area contributed by atoms with Crippen LogP contribution >= 0.6 is 11.8 Å². The van der Waals surface area contributed by atoms with E-state index in [0.29, 0.717) is 22.4 Å². The Labute approximate surface area is 119 Å². The number of hydrogen-bond donors (Lipinski definition) is 0. The van der Waals surface area contributed by atoms with Gasteiger partial charge >= 0.3 is 12.1 Å². The van der Waals surface area contributed by atoms with Crippen molar-refractivity contribution in [2.45, 2.75) is 29.7 Å². The Morgan fingerprint density at radius 2 is 1.90 bits per heavy atom. The summed E-state index contributed by atoms with van der Waals surface area (Å²) >= 11 is 0.588. The van der Waals surface area contributed by atoms with Crippen LogP contribution < -0.4 is 4.74 Å². The third-order valence-electron chi connectivity index (χ3n) is 2.36. The number of rotatable bonds is 6. The van der Waals surface area contributed by atoms with Gasteiger partial charge in [0.15, 0.2) is 0 Å². The zero-order chi connectivity index (χ0) is 15.2. The lowest BCUT2D eigenvalue weighted by atomic mass is 10.3. The van der Waals surface area contributed by atoms with Crippen LogP contribution in [0.25, 0.3) is 0 Å². The highest BCUT2D eigenvalue weighted by Gasteiger charge is 2.42. The van der Waals surface area contributed by atoms with Crippen LogP contribution in [0.15, 0.2) is 29.2 Å². The van der Waals surface area contributed by atoms with Gasteiger partial charge in [0.1, 0.15) is 11.0 Å². The second-order valence-electron chi connectivity index (χ2n) is 3.83. The van der Waals surface area contributed by atoms with Crippen molar-refractivity contribution in [3.63, 3.8) is 0 Å². The number of benzene rings is 1. The molecule has 0 aromatic heterocycles. The van der Waals surface area contributed by atoms with E-state index in [-0.39, 0.29) is 6.61 Å². The molecule has 0 fully saturated rings. The van der Waals surface area contributed by atoms with Crippen molar-refractivity contribution in [3.05, 3.63) is 24.3 Å². The monoisotopic (exact) mass is 308 g/mol. The average Bonchev–Trinajstić information content (AvgIpc) is 2.38. The van der Waals surface area contributed by atoms with Crippen LogP contribution in [0.1, 0.15) is 13.3 Å². The lowest BCUT2D eigenvalue weighted by Gasteiger charge is -2.19. The summed E-state index contributed by atoms with van der Waals surface area (Å²) in [5.74, 6) is -0.292. The zero-order valence-electron chi connectivity index (χ0n) is 11.1. The number of thioether (sulfide) groups is 1. The quantitative estimate of drug-likeness (QED) is 0.593. The van der Waals surface area contributed by atoms with E-state index in [4.69, 9.17) is 4.74 Å². The van der Waals surface area contributed by atoms with E-state index in [2.05, 4.69) is 4.74 Å². The number of esters is 1. The molecule has 0 N–H and O–H groups in total. The van der Waals surface area contributed by atoms with E-state index in [9.17, 15) is 18.0 Å².